The number of halogens is 1. The highest BCUT2D eigenvalue weighted by molar-refractivity contribution is 8.07. The predicted molar refractivity (Wildman–Crippen MR) is 58.6 cm³/mol. The topological polar surface area (TPSA) is 0 Å². The van der Waals surface area contributed by atoms with E-state index in [9.17, 15) is 0 Å². The molecule has 0 aliphatic rings. The first kappa shape index (κ1) is 9.69. The van der Waals surface area contributed by atoms with Gasteiger partial charge in [0.1, 0.15) is 0 Å². The molecule has 0 amide bonds. The highest BCUT2D eigenvalue weighted by Crippen LogP contribution is 2.25. The van der Waals surface area contributed by atoms with Gasteiger partial charge in [-0.15, -0.1) is 11.8 Å². The lowest BCUT2D eigenvalue weighted by molar-refractivity contribution is 1.63. The van der Waals surface area contributed by atoms with E-state index in [4.69, 9.17) is 11.6 Å². The molecule has 0 aromatic heterocycles. The maximum absolute atomic E-state index is 5.78. The van der Waals surface area contributed by atoms with Crippen LogP contribution >= 0.6 is 23.4 Å². The van der Waals surface area contributed by atoms with E-state index in [-0.39, 0.29) is 0 Å². The number of thioether (sulfide) groups is 1. The van der Waals surface area contributed by atoms with Crippen LogP contribution in [0.15, 0.2) is 30.3 Å². The van der Waals surface area contributed by atoms with Crippen LogP contribution in [0, 0.1) is 0 Å². The molecule has 0 heterocycles. The average molecular weight is 199 g/mol. The number of benzene rings is 1. The average Bonchev–Trinajstić information content (AvgIpc) is 2.10. The largest absolute Gasteiger partial charge is 0.129 e. The SMILES string of the molecule is C/C=C(\SC)c1ccc(Cl)cc1. The molecule has 64 valence electrons. The number of allylic oxidation sites excluding steroid dienone is 1. The van der Waals surface area contributed by atoms with Crippen molar-refractivity contribution in [2.45, 2.75) is 6.92 Å². The standard InChI is InChI=1S/C10H11ClS/c1-3-10(12-2)8-4-6-9(11)7-5-8/h3-7H,1-2H3/b10-3-. The van der Waals surface area contributed by atoms with E-state index in [1.54, 1.807) is 11.8 Å². The van der Waals surface area contributed by atoms with Crippen LogP contribution in [0.25, 0.3) is 4.91 Å². The van der Waals surface area contributed by atoms with Crippen LogP contribution in [0.5, 0.6) is 0 Å². The molecule has 1 rings (SSSR count). The smallest absolute Gasteiger partial charge is 0.0406 e. The van der Waals surface area contributed by atoms with Gasteiger partial charge in [-0.25, -0.2) is 0 Å². The summed E-state index contributed by atoms with van der Waals surface area (Å²) in [6.07, 6.45) is 4.18. The molecule has 0 nitrogen and oxygen atoms in total. The van der Waals surface area contributed by atoms with Crippen molar-refractivity contribution in [2.24, 2.45) is 0 Å². The van der Waals surface area contributed by atoms with Gasteiger partial charge in [0.2, 0.25) is 0 Å². The summed E-state index contributed by atoms with van der Waals surface area (Å²) in [5.74, 6) is 0. The Morgan fingerprint density at radius 3 is 2.33 bits per heavy atom. The second-order valence-electron chi connectivity index (χ2n) is 2.36. The Hall–Kier alpha value is -0.400. The highest BCUT2D eigenvalue weighted by Gasteiger charge is 1.97. The first-order valence-electron chi connectivity index (χ1n) is 3.74. The molecule has 0 unspecified atom stereocenters. The van der Waals surface area contributed by atoms with Gasteiger partial charge in [-0.05, 0) is 30.9 Å². The lowest BCUT2D eigenvalue weighted by atomic mass is 10.2. The van der Waals surface area contributed by atoms with Crippen molar-refractivity contribution in [1.82, 2.24) is 0 Å². The second kappa shape index (κ2) is 4.58. The van der Waals surface area contributed by atoms with E-state index in [2.05, 4.69) is 12.3 Å². The highest BCUT2D eigenvalue weighted by atomic mass is 35.5. The van der Waals surface area contributed by atoms with Crippen molar-refractivity contribution in [3.8, 4) is 0 Å². The van der Waals surface area contributed by atoms with E-state index in [1.807, 2.05) is 31.2 Å². The molecule has 1 aromatic rings. The van der Waals surface area contributed by atoms with Crippen molar-refractivity contribution in [3.63, 3.8) is 0 Å². The Morgan fingerprint density at radius 1 is 1.33 bits per heavy atom. The Labute approximate surface area is 82.6 Å². The van der Waals surface area contributed by atoms with Crippen LogP contribution < -0.4 is 0 Å². The fourth-order valence-electron chi connectivity index (χ4n) is 1.02. The van der Waals surface area contributed by atoms with Crippen molar-refractivity contribution in [2.75, 3.05) is 6.26 Å². The van der Waals surface area contributed by atoms with Gasteiger partial charge in [-0.3, -0.25) is 0 Å². The third-order valence-corrected chi connectivity index (χ3v) is 2.77. The lowest BCUT2D eigenvalue weighted by Gasteiger charge is -2.02. The van der Waals surface area contributed by atoms with Crippen molar-refractivity contribution in [1.29, 1.82) is 0 Å². The van der Waals surface area contributed by atoms with Crippen LogP contribution in [0.4, 0.5) is 0 Å². The van der Waals surface area contributed by atoms with Crippen LogP contribution in [-0.2, 0) is 0 Å². The maximum Gasteiger partial charge on any atom is 0.0406 e. The number of hydrogen-bond acceptors (Lipinski definition) is 1. The first-order valence-corrected chi connectivity index (χ1v) is 5.34. The van der Waals surface area contributed by atoms with Crippen LogP contribution in [0.1, 0.15) is 12.5 Å². The Kier molecular flexibility index (Phi) is 3.70. The summed E-state index contributed by atoms with van der Waals surface area (Å²) in [5.41, 5.74) is 1.23. The molecule has 0 bridgehead atoms. The molecule has 0 saturated heterocycles. The molecule has 0 aliphatic heterocycles. The van der Waals surface area contributed by atoms with Crippen molar-refractivity contribution >= 4 is 28.3 Å². The molecule has 1 aromatic carbocycles. The van der Waals surface area contributed by atoms with Gasteiger partial charge >= 0.3 is 0 Å². The monoisotopic (exact) mass is 198 g/mol. The normalized spacial score (nSPS) is 11.8. The molecule has 12 heavy (non-hydrogen) atoms. The zero-order valence-corrected chi connectivity index (χ0v) is 8.75. The Balaban J connectivity index is 2.96. The van der Waals surface area contributed by atoms with E-state index >= 15 is 0 Å². The summed E-state index contributed by atoms with van der Waals surface area (Å²) < 4.78 is 0. The summed E-state index contributed by atoms with van der Waals surface area (Å²) in [5, 5.41) is 0.787. The second-order valence-corrected chi connectivity index (χ2v) is 3.65. The fraction of sp³-hybridized carbons (Fsp3) is 0.200. The molecular formula is C10H11ClS. The molecule has 0 fully saturated rings. The van der Waals surface area contributed by atoms with E-state index in [0.717, 1.165) is 5.02 Å². The van der Waals surface area contributed by atoms with Crippen LogP contribution in [0.2, 0.25) is 5.02 Å². The van der Waals surface area contributed by atoms with Crippen LogP contribution in [0.3, 0.4) is 0 Å². The minimum absolute atomic E-state index is 0.787. The predicted octanol–water partition coefficient (Wildman–Crippen LogP) is 4.06. The molecule has 2 heteroatoms. The minimum Gasteiger partial charge on any atom is -0.129 e. The summed E-state index contributed by atoms with van der Waals surface area (Å²) in [4.78, 5) is 1.28. The van der Waals surface area contributed by atoms with Gasteiger partial charge in [0.15, 0.2) is 0 Å². The minimum atomic E-state index is 0.787. The zero-order chi connectivity index (χ0) is 8.97. The quantitative estimate of drug-likeness (QED) is 0.691. The molecule has 0 atom stereocenters. The Morgan fingerprint density at radius 2 is 1.92 bits per heavy atom. The molecule has 0 aliphatic carbocycles. The molecular weight excluding hydrogens is 188 g/mol. The van der Waals surface area contributed by atoms with Crippen LogP contribution in [-0.4, -0.2) is 6.26 Å². The van der Waals surface area contributed by atoms with Gasteiger partial charge in [0.05, 0.1) is 0 Å². The van der Waals surface area contributed by atoms with Crippen molar-refractivity contribution < 1.29 is 0 Å². The van der Waals surface area contributed by atoms with E-state index in [1.165, 1.54) is 10.5 Å². The van der Waals surface area contributed by atoms with Gasteiger partial charge in [-0.2, -0.15) is 0 Å². The third kappa shape index (κ3) is 2.29. The first-order chi connectivity index (χ1) is 5.77. The fourth-order valence-corrected chi connectivity index (χ4v) is 1.75. The van der Waals surface area contributed by atoms with Crippen molar-refractivity contribution in [3.05, 3.63) is 40.9 Å². The number of hydrogen-bond donors (Lipinski definition) is 0. The molecule has 0 saturated carbocycles. The van der Waals surface area contributed by atoms with Gasteiger partial charge < -0.3 is 0 Å². The van der Waals surface area contributed by atoms with E-state index < -0.39 is 0 Å². The third-order valence-electron chi connectivity index (χ3n) is 1.61. The maximum atomic E-state index is 5.78. The molecule has 0 radical (unpaired) electrons. The number of rotatable bonds is 2. The summed E-state index contributed by atoms with van der Waals surface area (Å²) in [7, 11) is 0. The summed E-state index contributed by atoms with van der Waals surface area (Å²) in [6.45, 7) is 2.04. The van der Waals surface area contributed by atoms with Gasteiger partial charge in [0.25, 0.3) is 0 Å². The summed E-state index contributed by atoms with van der Waals surface area (Å²) in [6, 6.07) is 7.90. The Bertz CT molecular complexity index is 274. The molecule has 0 N–H and O–H groups in total. The zero-order valence-electron chi connectivity index (χ0n) is 7.17. The lowest BCUT2D eigenvalue weighted by Crippen LogP contribution is -1.77. The van der Waals surface area contributed by atoms with Gasteiger partial charge in [0, 0.05) is 9.93 Å². The van der Waals surface area contributed by atoms with Gasteiger partial charge in [-0.1, -0.05) is 29.8 Å². The summed E-state index contributed by atoms with van der Waals surface area (Å²) >= 11 is 7.52. The molecule has 0 spiro atoms. The van der Waals surface area contributed by atoms with E-state index in [0.29, 0.717) is 0 Å².